The molecule has 0 bridgehead atoms. The number of rotatable bonds is 3. The van der Waals surface area contributed by atoms with Crippen LogP contribution in [-0.2, 0) is 0 Å². The predicted octanol–water partition coefficient (Wildman–Crippen LogP) is 3.83. The van der Waals surface area contributed by atoms with E-state index in [1.807, 2.05) is 18.3 Å². The summed E-state index contributed by atoms with van der Waals surface area (Å²) in [6.45, 7) is 7.91. The van der Waals surface area contributed by atoms with Gasteiger partial charge < -0.3 is 16.0 Å². The zero-order valence-corrected chi connectivity index (χ0v) is 16.6. The minimum absolute atomic E-state index is 0.0776. The van der Waals surface area contributed by atoms with Crippen molar-refractivity contribution in [3.05, 3.63) is 41.7 Å². The second kappa shape index (κ2) is 7.14. The summed E-state index contributed by atoms with van der Waals surface area (Å²) in [5.74, 6) is 0.887. The molecule has 3 N–H and O–H groups in total. The molecule has 0 aliphatic carbocycles. The Morgan fingerprint density at radius 2 is 2.04 bits per heavy atom. The minimum atomic E-state index is -0.0776. The van der Waals surface area contributed by atoms with Gasteiger partial charge in [-0.15, -0.1) is 0 Å². The summed E-state index contributed by atoms with van der Waals surface area (Å²) >= 11 is 8.07. The molecule has 3 heterocycles. The molecule has 2 aliphatic heterocycles. The number of hydrogen-bond donors (Lipinski definition) is 2. The molecule has 140 valence electrons. The lowest BCUT2D eigenvalue weighted by Crippen LogP contribution is -2.48. The number of fused-ring (bicyclic) bond motifs is 1. The average molecular weight is 401 g/mol. The molecular formula is C19H21ClN6S. The highest BCUT2D eigenvalue weighted by Gasteiger charge is 2.26. The SMILES string of the molecule is C=C1NC=Nc2ccc(Sc3cnc(N4CCC(C)(N)CC4)cn3)c(Cl)c21. The number of aliphatic imine (C=N–C) groups is 1. The van der Waals surface area contributed by atoms with Crippen LogP contribution in [0, 0.1) is 0 Å². The van der Waals surface area contributed by atoms with Gasteiger partial charge in [-0.1, -0.05) is 29.9 Å². The molecule has 1 saturated heterocycles. The van der Waals surface area contributed by atoms with Crippen molar-refractivity contribution in [3.63, 3.8) is 0 Å². The topological polar surface area (TPSA) is 79.4 Å². The summed E-state index contributed by atoms with van der Waals surface area (Å²) in [6, 6.07) is 3.88. The Morgan fingerprint density at radius 1 is 1.26 bits per heavy atom. The largest absolute Gasteiger partial charge is 0.355 e. The molecule has 1 aromatic carbocycles. The summed E-state index contributed by atoms with van der Waals surface area (Å²) in [5, 5.41) is 4.41. The smallest absolute Gasteiger partial charge is 0.147 e. The standard InChI is InChI=1S/C19H21ClN6S/c1-12-17-13(25-11-24-12)3-4-14(18(17)20)27-16-10-22-15(9-23-16)26-7-5-19(2,21)6-8-26/h3-4,9-11H,1,5-8,21H2,2H3,(H,24,25). The van der Waals surface area contributed by atoms with Crippen molar-refractivity contribution in [3.8, 4) is 0 Å². The molecule has 0 radical (unpaired) electrons. The normalized spacial score (nSPS) is 18.2. The third-order valence-corrected chi connectivity index (χ3v) is 6.37. The summed E-state index contributed by atoms with van der Waals surface area (Å²) < 4.78 is 0. The van der Waals surface area contributed by atoms with E-state index in [1.165, 1.54) is 11.8 Å². The van der Waals surface area contributed by atoms with Gasteiger partial charge in [0.15, 0.2) is 0 Å². The first-order valence-corrected chi connectivity index (χ1v) is 9.97. The Bertz CT molecular complexity index is 899. The quantitative estimate of drug-likeness (QED) is 0.815. The van der Waals surface area contributed by atoms with Crippen molar-refractivity contribution in [2.75, 3.05) is 18.0 Å². The van der Waals surface area contributed by atoms with Crippen LogP contribution in [0.4, 0.5) is 11.5 Å². The van der Waals surface area contributed by atoms with Gasteiger partial charge in [0.05, 0.1) is 29.4 Å². The molecule has 2 aromatic rings. The van der Waals surface area contributed by atoms with Crippen LogP contribution in [0.2, 0.25) is 5.02 Å². The van der Waals surface area contributed by atoms with Crippen LogP contribution >= 0.6 is 23.4 Å². The summed E-state index contributed by atoms with van der Waals surface area (Å²) in [6.07, 6.45) is 7.13. The van der Waals surface area contributed by atoms with Crippen molar-refractivity contribution < 1.29 is 0 Å². The van der Waals surface area contributed by atoms with Crippen LogP contribution in [-0.4, -0.2) is 34.9 Å². The van der Waals surface area contributed by atoms with Gasteiger partial charge in [-0.05, 0) is 31.9 Å². The summed E-state index contributed by atoms with van der Waals surface area (Å²) in [7, 11) is 0. The first-order valence-electron chi connectivity index (χ1n) is 8.77. The van der Waals surface area contributed by atoms with E-state index in [2.05, 4.69) is 38.7 Å². The molecular weight excluding hydrogens is 380 g/mol. The molecule has 0 saturated carbocycles. The number of hydrogen-bond acceptors (Lipinski definition) is 7. The molecule has 6 nitrogen and oxygen atoms in total. The van der Waals surface area contributed by atoms with Gasteiger partial charge in [0.2, 0.25) is 0 Å². The average Bonchev–Trinajstić information content (AvgIpc) is 2.65. The van der Waals surface area contributed by atoms with Crippen LogP contribution in [0.25, 0.3) is 5.70 Å². The molecule has 0 atom stereocenters. The van der Waals surface area contributed by atoms with Crippen LogP contribution in [0.1, 0.15) is 25.3 Å². The van der Waals surface area contributed by atoms with Crippen molar-refractivity contribution in [1.82, 2.24) is 15.3 Å². The maximum absolute atomic E-state index is 6.59. The molecule has 2 aliphatic rings. The number of nitrogens with zero attached hydrogens (tertiary/aromatic N) is 4. The van der Waals surface area contributed by atoms with Gasteiger partial charge in [0.25, 0.3) is 0 Å². The van der Waals surface area contributed by atoms with Gasteiger partial charge in [-0.25, -0.2) is 15.0 Å². The number of halogens is 1. The second-order valence-electron chi connectivity index (χ2n) is 7.11. The van der Waals surface area contributed by atoms with E-state index in [0.717, 1.165) is 58.6 Å². The van der Waals surface area contributed by atoms with Gasteiger partial charge in [0, 0.05) is 34.8 Å². The van der Waals surface area contributed by atoms with Crippen molar-refractivity contribution in [1.29, 1.82) is 0 Å². The van der Waals surface area contributed by atoms with E-state index in [4.69, 9.17) is 17.3 Å². The fourth-order valence-electron chi connectivity index (χ4n) is 3.16. The Kier molecular flexibility index (Phi) is 4.84. The highest BCUT2D eigenvalue weighted by Crippen LogP contribution is 2.41. The number of piperidine rings is 1. The van der Waals surface area contributed by atoms with E-state index in [0.29, 0.717) is 5.02 Å². The third-order valence-electron chi connectivity index (χ3n) is 4.89. The number of nitrogens with two attached hydrogens (primary N) is 1. The summed E-state index contributed by atoms with van der Waals surface area (Å²) in [5.41, 5.74) is 8.50. The number of benzene rings is 1. The second-order valence-corrected chi connectivity index (χ2v) is 8.55. The third kappa shape index (κ3) is 3.81. The highest BCUT2D eigenvalue weighted by molar-refractivity contribution is 7.99. The summed E-state index contributed by atoms with van der Waals surface area (Å²) in [4.78, 5) is 16.6. The van der Waals surface area contributed by atoms with Crippen molar-refractivity contribution in [2.45, 2.75) is 35.2 Å². The Balaban J connectivity index is 1.50. The molecule has 1 fully saturated rings. The molecule has 27 heavy (non-hydrogen) atoms. The fraction of sp³-hybridized carbons (Fsp3) is 0.316. The Morgan fingerprint density at radius 3 is 2.74 bits per heavy atom. The van der Waals surface area contributed by atoms with Gasteiger partial charge in [-0.3, -0.25) is 0 Å². The lowest BCUT2D eigenvalue weighted by Gasteiger charge is -2.37. The van der Waals surface area contributed by atoms with E-state index >= 15 is 0 Å². The predicted molar refractivity (Wildman–Crippen MR) is 112 cm³/mol. The van der Waals surface area contributed by atoms with Gasteiger partial charge in [0.1, 0.15) is 10.8 Å². The monoisotopic (exact) mass is 400 g/mol. The molecule has 0 unspecified atom stereocenters. The van der Waals surface area contributed by atoms with E-state index in [1.54, 1.807) is 12.5 Å². The molecule has 4 rings (SSSR count). The van der Waals surface area contributed by atoms with Crippen LogP contribution < -0.4 is 16.0 Å². The number of nitrogens with one attached hydrogen (secondary N) is 1. The van der Waals surface area contributed by atoms with Crippen LogP contribution in [0.5, 0.6) is 0 Å². The Labute approximate surface area is 167 Å². The minimum Gasteiger partial charge on any atom is -0.355 e. The lowest BCUT2D eigenvalue weighted by atomic mass is 9.91. The van der Waals surface area contributed by atoms with E-state index in [9.17, 15) is 0 Å². The maximum Gasteiger partial charge on any atom is 0.147 e. The first-order chi connectivity index (χ1) is 12.9. The molecule has 1 aromatic heterocycles. The van der Waals surface area contributed by atoms with Crippen molar-refractivity contribution in [2.24, 2.45) is 10.7 Å². The zero-order chi connectivity index (χ0) is 19.0. The zero-order valence-electron chi connectivity index (χ0n) is 15.1. The van der Waals surface area contributed by atoms with Crippen molar-refractivity contribution >= 4 is 46.9 Å². The Hall–Kier alpha value is -2.09. The highest BCUT2D eigenvalue weighted by atomic mass is 35.5. The maximum atomic E-state index is 6.59. The fourth-order valence-corrected chi connectivity index (χ4v) is 4.31. The number of anilines is 1. The molecule has 8 heteroatoms. The van der Waals surface area contributed by atoms with Gasteiger partial charge in [-0.2, -0.15) is 0 Å². The molecule has 0 amide bonds. The van der Waals surface area contributed by atoms with Crippen LogP contribution in [0.3, 0.4) is 0 Å². The lowest BCUT2D eigenvalue weighted by molar-refractivity contribution is 0.363. The number of aromatic nitrogens is 2. The van der Waals surface area contributed by atoms with Gasteiger partial charge >= 0.3 is 0 Å². The molecule has 0 spiro atoms. The van der Waals surface area contributed by atoms with E-state index in [-0.39, 0.29) is 5.54 Å². The van der Waals surface area contributed by atoms with Crippen LogP contribution in [0.15, 0.2) is 46.0 Å². The van der Waals surface area contributed by atoms with E-state index < -0.39 is 0 Å². The first kappa shape index (κ1) is 18.3.